The lowest BCUT2D eigenvalue weighted by Gasteiger charge is -2.37. The molecule has 280 valence electrons. The van der Waals surface area contributed by atoms with Gasteiger partial charge < -0.3 is 24.3 Å². The van der Waals surface area contributed by atoms with Crippen LogP contribution >= 0.6 is 34.8 Å². The summed E-state index contributed by atoms with van der Waals surface area (Å²) in [6.45, 7) is 14.6. The number of ether oxygens (including phenoxy) is 4. The molecule has 0 aliphatic carbocycles. The molecule has 1 heterocycles. The molecule has 1 aromatic rings. The highest BCUT2D eigenvalue weighted by Gasteiger charge is 2.46. The minimum Gasteiger partial charge on any atom is -0.458 e. The van der Waals surface area contributed by atoms with E-state index in [0.29, 0.717) is 12.0 Å². The molecule has 4 atom stereocenters. The molecular formula is C34H48Cl3N3O10. The summed E-state index contributed by atoms with van der Waals surface area (Å²) in [5.74, 6) is -3.67. The zero-order valence-electron chi connectivity index (χ0n) is 29.5. The number of rotatable bonds is 15. The van der Waals surface area contributed by atoms with Crippen LogP contribution in [-0.2, 0) is 44.8 Å². The second-order valence-electron chi connectivity index (χ2n) is 13.3. The number of hydrogen-bond donors (Lipinski definition) is 1. The van der Waals surface area contributed by atoms with E-state index >= 15 is 0 Å². The van der Waals surface area contributed by atoms with Crippen molar-refractivity contribution in [3.63, 3.8) is 0 Å². The highest BCUT2D eigenvalue weighted by Crippen LogP contribution is 2.29. The summed E-state index contributed by atoms with van der Waals surface area (Å²) in [6, 6.07) is 4.99. The monoisotopic (exact) mass is 763 g/mol. The van der Waals surface area contributed by atoms with Gasteiger partial charge in [-0.2, -0.15) is 0 Å². The van der Waals surface area contributed by atoms with E-state index in [2.05, 4.69) is 11.9 Å². The number of benzene rings is 1. The molecule has 50 heavy (non-hydrogen) atoms. The van der Waals surface area contributed by atoms with Gasteiger partial charge in [-0.3, -0.25) is 14.5 Å². The van der Waals surface area contributed by atoms with Crippen LogP contribution in [0.25, 0.3) is 0 Å². The van der Waals surface area contributed by atoms with Gasteiger partial charge in [-0.05, 0) is 51.0 Å². The van der Waals surface area contributed by atoms with E-state index in [4.69, 9.17) is 58.6 Å². The molecule has 0 aromatic heterocycles. The predicted octanol–water partition coefficient (Wildman–Crippen LogP) is 6.13. The Hall–Kier alpha value is -3.26. The maximum Gasteiger partial charge on any atom is 0.410 e. The number of alkyl halides is 3. The smallest absolute Gasteiger partial charge is 0.410 e. The summed E-state index contributed by atoms with van der Waals surface area (Å²) in [6.07, 6.45) is -1.09. The number of carbonyl (C=O) groups excluding carboxylic acids is 5. The van der Waals surface area contributed by atoms with Gasteiger partial charge in [-0.25, -0.2) is 24.2 Å². The Labute approximate surface area is 308 Å². The molecule has 1 aromatic carbocycles. The number of amides is 3. The van der Waals surface area contributed by atoms with Crippen LogP contribution in [0.3, 0.4) is 0 Å². The van der Waals surface area contributed by atoms with Gasteiger partial charge >= 0.3 is 24.1 Å². The third-order valence-corrected chi connectivity index (χ3v) is 7.52. The van der Waals surface area contributed by atoms with E-state index in [1.807, 2.05) is 6.07 Å². The SMILES string of the molecule is C=CCOC(=O)N[C@H](C(=O)OC(C)(C)C)[C@@H](OC(=O)[C@H](C(C)C)N(OCc1ccccc1)C(=O)[C@@H]1CCCN1C(=O)OCC(Cl)(Cl)Cl)C(C)C. The minimum atomic E-state index is -1.87. The highest BCUT2D eigenvalue weighted by molar-refractivity contribution is 6.67. The Balaban J connectivity index is 2.50. The average molecular weight is 765 g/mol. The standard InChI is InChI=1S/C34H48Cl3N3O10/c1-9-18-46-31(44)38-25(29(42)50-33(6,7)8)27(22(4)5)49-30(43)26(21(2)3)40(48-19-23-14-11-10-12-15-23)28(41)24-16-13-17-39(24)32(45)47-20-34(35,36)37/h9-12,14-15,21-22,24-27H,1,13,16-20H2,2-8H3,(H,38,44)/t24-,25-,26-,27-/m0/s1. The van der Waals surface area contributed by atoms with Gasteiger partial charge in [0.25, 0.3) is 5.91 Å². The normalized spacial score (nSPS) is 16.6. The van der Waals surface area contributed by atoms with Crippen LogP contribution in [0.4, 0.5) is 9.59 Å². The first-order valence-electron chi connectivity index (χ1n) is 16.2. The number of hydroxylamine groups is 2. The second-order valence-corrected chi connectivity index (χ2v) is 15.8. The molecule has 1 aliphatic heterocycles. The Kier molecular flexibility index (Phi) is 16.6. The fraction of sp³-hybridized carbons (Fsp3) is 0.618. The summed E-state index contributed by atoms with van der Waals surface area (Å²) in [5, 5.41) is 3.37. The van der Waals surface area contributed by atoms with Crippen LogP contribution in [0.5, 0.6) is 0 Å². The number of alkyl carbamates (subject to hydrolysis) is 1. The lowest BCUT2D eigenvalue weighted by molar-refractivity contribution is -0.223. The van der Waals surface area contributed by atoms with Crippen molar-refractivity contribution >= 4 is 64.8 Å². The third-order valence-electron chi connectivity index (χ3n) is 7.19. The molecule has 0 unspecified atom stereocenters. The number of nitrogens with zero attached hydrogens (tertiary/aromatic N) is 2. The van der Waals surface area contributed by atoms with Crippen LogP contribution in [0.1, 0.15) is 66.9 Å². The van der Waals surface area contributed by atoms with Crippen LogP contribution in [0.2, 0.25) is 0 Å². The van der Waals surface area contributed by atoms with Gasteiger partial charge in [0.05, 0.1) is 0 Å². The molecule has 16 heteroatoms. The van der Waals surface area contributed by atoms with Gasteiger partial charge in [0.1, 0.15) is 37.6 Å². The molecule has 0 spiro atoms. The Morgan fingerprint density at radius 2 is 1.64 bits per heavy atom. The van der Waals surface area contributed by atoms with Crippen molar-refractivity contribution in [3.8, 4) is 0 Å². The Bertz CT molecular complexity index is 1320. The van der Waals surface area contributed by atoms with E-state index in [9.17, 15) is 24.0 Å². The van der Waals surface area contributed by atoms with Crippen molar-refractivity contribution in [1.82, 2.24) is 15.3 Å². The first-order valence-corrected chi connectivity index (χ1v) is 17.4. The number of hydrogen-bond acceptors (Lipinski definition) is 10. The molecule has 2 rings (SSSR count). The van der Waals surface area contributed by atoms with E-state index in [1.54, 1.807) is 72.7 Å². The van der Waals surface area contributed by atoms with Crippen molar-refractivity contribution in [2.75, 3.05) is 19.8 Å². The number of esters is 2. The maximum absolute atomic E-state index is 14.3. The number of halogens is 3. The van der Waals surface area contributed by atoms with Gasteiger partial charge in [-0.1, -0.05) is 105 Å². The molecule has 0 bridgehead atoms. The molecule has 1 saturated heterocycles. The van der Waals surface area contributed by atoms with Crippen molar-refractivity contribution in [3.05, 3.63) is 48.6 Å². The van der Waals surface area contributed by atoms with Gasteiger partial charge in [-0.15, -0.1) is 0 Å². The summed E-state index contributed by atoms with van der Waals surface area (Å²) in [4.78, 5) is 74.8. The van der Waals surface area contributed by atoms with E-state index in [0.717, 1.165) is 5.06 Å². The molecule has 1 aliphatic rings. The van der Waals surface area contributed by atoms with Crippen LogP contribution in [-0.4, -0.2) is 93.4 Å². The number of nitrogens with one attached hydrogen (secondary N) is 1. The van der Waals surface area contributed by atoms with E-state index < -0.39 is 82.1 Å². The fourth-order valence-corrected chi connectivity index (χ4v) is 5.15. The predicted molar refractivity (Wildman–Crippen MR) is 187 cm³/mol. The largest absolute Gasteiger partial charge is 0.458 e. The first-order chi connectivity index (χ1) is 23.3. The summed E-state index contributed by atoms with van der Waals surface area (Å²) >= 11 is 17.3. The van der Waals surface area contributed by atoms with Crippen molar-refractivity contribution < 1.29 is 47.8 Å². The molecule has 0 saturated carbocycles. The molecular weight excluding hydrogens is 717 g/mol. The molecule has 13 nitrogen and oxygen atoms in total. The summed E-state index contributed by atoms with van der Waals surface area (Å²) < 4.78 is 19.9. The van der Waals surface area contributed by atoms with Crippen LogP contribution < -0.4 is 5.32 Å². The molecule has 1 N–H and O–H groups in total. The van der Waals surface area contributed by atoms with Gasteiger partial charge in [0, 0.05) is 6.54 Å². The van der Waals surface area contributed by atoms with E-state index in [-0.39, 0.29) is 26.2 Å². The lowest BCUT2D eigenvalue weighted by atomic mass is 9.98. The van der Waals surface area contributed by atoms with Gasteiger partial charge in [0.2, 0.25) is 3.79 Å². The average Bonchev–Trinajstić information content (AvgIpc) is 3.51. The highest BCUT2D eigenvalue weighted by atomic mass is 35.6. The Morgan fingerprint density at radius 3 is 2.18 bits per heavy atom. The van der Waals surface area contributed by atoms with Crippen LogP contribution in [0.15, 0.2) is 43.0 Å². The zero-order valence-corrected chi connectivity index (χ0v) is 31.8. The summed E-state index contributed by atoms with van der Waals surface area (Å²) in [5.41, 5.74) is -0.255. The summed E-state index contributed by atoms with van der Waals surface area (Å²) in [7, 11) is 0. The molecule has 3 amide bonds. The van der Waals surface area contributed by atoms with E-state index in [1.165, 1.54) is 11.0 Å². The quantitative estimate of drug-likeness (QED) is 0.0727. The minimum absolute atomic E-state index is 0.113. The first kappa shape index (κ1) is 42.9. The Morgan fingerprint density at radius 1 is 1.00 bits per heavy atom. The van der Waals surface area contributed by atoms with Crippen molar-refractivity contribution in [2.45, 2.75) is 102 Å². The van der Waals surface area contributed by atoms with Crippen molar-refractivity contribution in [2.24, 2.45) is 11.8 Å². The topological polar surface area (TPSA) is 150 Å². The van der Waals surface area contributed by atoms with Crippen molar-refractivity contribution in [1.29, 1.82) is 0 Å². The van der Waals surface area contributed by atoms with Crippen LogP contribution in [0, 0.1) is 11.8 Å². The lowest BCUT2D eigenvalue weighted by Crippen LogP contribution is -2.58. The number of carbonyl (C=O) groups is 5. The zero-order chi connectivity index (χ0) is 37.8. The fourth-order valence-electron chi connectivity index (χ4n) is 4.99. The third kappa shape index (κ3) is 13.8. The maximum atomic E-state index is 14.3. The molecule has 0 radical (unpaired) electrons. The number of likely N-dealkylation sites (tertiary alicyclic amines) is 1. The molecule has 1 fully saturated rings. The second kappa shape index (κ2) is 19.4. The van der Waals surface area contributed by atoms with Gasteiger partial charge in [0.15, 0.2) is 12.1 Å².